The first-order valence-corrected chi connectivity index (χ1v) is 14.4. The Morgan fingerprint density at radius 2 is 1.70 bits per heavy atom. The van der Waals surface area contributed by atoms with Crippen LogP contribution in [-0.4, -0.2) is 31.4 Å². The summed E-state index contributed by atoms with van der Waals surface area (Å²) in [6.45, 7) is 4.66. The molecule has 5 nitrogen and oxygen atoms in total. The largest absolute Gasteiger partial charge is 0.370 e. The summed E-state index contributed by atoms with van der Waals surface area (Å²) in [4.78, 5) is 32.0. The Labute approximate surface area is 244 Å². The van der Waals surface area contributed by atoms with Crippen molar-refractivity contribution in [2.75, 3.05) is 29.4 Å². The zero-order chi connectivity index (χ0) is 27.9. The van der Waals surface area contributed by atoms with Crippen molar-refractivity contribution in [1.82, 2.24) is 5.32 Å². The average Bonchev–Trinajstić information content (AvgIpc) is 2.98. The summed E-state index contributed by atoms with van der Waals surface area (Å²) in [5.74, 6) is -0.183. The highest BCUT2D eigenvalue weighted by molar-refractivity contribution is 8.04. The summed E-state index contributed by atoms with van der Waals surface area (Å²) in [6, 6.07) is 33.0. The minimum absolute atomic E-state index is 0.0654. The molecule has 4 aromatic rings. The molecule has 7 heteroatoms. The topological polar surface area (TPSA) is 52.7 Å². The van der Waals surface area contributed by atoms with E-state index in [1.165, 1.54) is 11.8 Å². The van der Waals surface area contributed by atoms with Gasteiger partial charge in [-0.1, -0.05) is 78.0 Å². The molecule has 0 aromatic heterocycles. The number of amides is 2. The Morgan fingerprint density at radius 1 is 0.950 bits per heavy atom. The number of carbonyl (C=O) groups excluding carboxylic acids is 2. The molecule has 1 N–H and O–H groups in total. The van der Waals surface area contributed by atoms with Gasteiger partial charge < -0.3 is 15.1 Å². The fourth-order valence-corrected chi connectivity index (χ4v) is 5.91. The van der Waals surface area contributed by atoms with E-state index in [9.17, 15) is 9.59 Å². The van der Waals surface area contributed by atoms with Crippen LogP contribution in [0.25, 0.3) is 6.08 Å². The second kappa shape index (κ2) is 12.9. The lowest BCUT2D eigenvalue weighted by atomic mass is 10.1. The zero-order valence-corrected chi connectivity index (χ0v) is 23.8. The molecular weight excluding hydrogens is 538 g/mol. The molecule has 0 aliphatic carbocycles. The van der Waals surface area contributed by atoms with Crippen molar-refractivity contribution in [3.63, 3.8) is 0 Å². The second-order valence-corrected chi connectivity index (χ2v) is 10.9. The Morgan fingerprint density at radius 3 is 2.45 bits per heavy atom. The van der Waals surface area contributed by atoms with Crippen LogP contribution in [0.4, 0.5) is 11.4 Å². The SMILES string of the molecule is CCN(CCNC(=O)c1ccc(/C=C2/Sc3ccccc3N(Cc3cccc(Cl)c3)C2=O)cc1)c1ccccc1. The van der Waals surface area contributed by atoms with Gasteiger partial charge in [-0.15, -0.1) is 0 Å². The Hall–Kier alpha value is -4.00. The van der Waals surface area contributed by atoms with E-state index in [-0.39, 0.29) is 11.8 Å². The number of hydrogen-bond acceptors (Lipinski definition) is 4. The van der Waals surface area contributed by atoms with Crippen LogP contribution >= 0.6 is 23.4 Å². The highest BCUT2D eigenvalue weighted by Crippen LogP contribution is 2.42. The molecule has 5 rings (SSSR count). The highest BCUT2D eigenvalue weighted by atomic mass is 35.5. The number of likely N-dealkylation sites (N-methyl/N-ethyl adjacent to an activating group) is 1. The van der Waals surface area contributed by atoms with Gasteiger partial charge in [0.05, 0.1) is 17.1 Å². The quantitative estimate of drug-likeness (QED) is 0.216. The van der Waals surface area contributed by atoms with Gasteiger partial charge in [0.25, 0.3) is 11.8 Å². The molecule has 1 heterocycles. The van der Waals surface area contributed by atoms with E-state index < -0.39 is 0 Å². The maximum Gasteiger partial charge on any atom is 0.265 e. The standard InChI is InChI=1S/C33H30ClN3O2S/c1-2-36(28-11-4-3-5-12-28)20-19-35-32(38)26-17-15-24(16-18-26)22-31-33(39)37(23-25-9-8-10-27(34)21-25)29-13-6-7-14-30(29)40-31/h3-18,21-22H,2,19-20,23H2,1H3,(H,35,38)/b31-22+. The summed E-state index contributed by atoms with van der Waals surface area (Å²) < 4.78 is 0. The number of hydrogen-bond donors (Lipinski definition) is 1. The minimum Gasteiger partial charge on any atom is -0.370 e. The van der Waals surface area contributed by atoms with Crippen LogP contribution in [0, 0.1) is 0 Å². The molecule has 0 radical (unpaired) electrons. The molecule has 0 spiro atoms. The van der Waals surface area contributed by atoms with Crippen molar-refractivity contribution in [3.05, 3.63) is 130 Å². The van der Waals surface area contributed by atoms with Gasteiger partial charge in [0.2, 0.25) is 0 Å². The lowest BCUT2D eigenvalue weighted by Gasteiger charge is -2.30. The number of nitrogens with zero attached hydrogens (tertiary/aromatic N) is 2. The predicted molar refractivity (Wildman–Crippen MR) is 166 cm³/mol. The zero-order valence-electron chi connectivity index (χ0n) is 22.2. The first-order chi connectivity index (χ1) is 19.5. The van der Waals surface area contributed by atoms with E-state index in [0.29, 0.717) is 28.6 Å². The van der Waals surface area contributed by atoms with Gasteiger partial charge in [0.15, 0.2) is 0 Å². The van der Waals surface area contributed by atoms with Crippen molar-refractivity contribution in [2.45, 2.75) is 18.4 Å². The molecule has 40 heavy (non-hydrogen) atoms. The molecule has 0 saturated carbocycles. The van der Waals surface area contributed by atoms with E-state index in [1.54, 1.807) is 17.0 Å². The van der Waals surface area contributed by atoms with Crippen molar-refractivity contribution >= 4 is 52.6 Å². The minimum atomic E-state index is -0.118. The molecule has 0 saturated heterocycles. The van der Waals surface area contributed by atoms with Crippen LogP contribution in [0.2, 0.25) is 5.02 Å². The molecule has 202 valence electrons. The van der Waals surface area contributed by atoms with E-state index in [2.05, 4.69) is 29.3 Å². The Bertz CT molecular complexity index is 1520. The smallest absolute Gasteiger partial charge is 0.265 e. The number of rotatable bonds is 9. The first-order valence-electron chi connectivity index (χ1n) is 13.2. The maximum absolute atomic E-state index is 13.6. The van der Waals surface area contributed by atoms with Crippen molar-refractivity contribution in [2.24, 2.45) is 0 Å². The highest BCUT2D eigenvalue weighted by Gasteiger charge is 2.29. The number of para-hydroxylation sites is 2. The van der Waals surface area contributed by atoms with Crippen LogP contribution in [0.3, 0.4) is 0 Å². The predicted octanol–water partition coefficient (Wildman–Crippen LogP) is 7.28. The van der Waals surface area contributed by atoms with Gasteiger partial charge in [0.1, 0.15) is 0 Å². The fraction of sp³-hybridized carbons (Fsp3) is 0.152. The summed E-state index contributed by atoms with van der Waals surface area (Å²) in [6.07, 6.45) is 1.88. The van der Waals surface area contributed by atoms with Gasteiger partial charge in [-0.3, -0.25) is 9.59 Å². The van der Waals surface area contributed by atoms with Crippen molar-refractivity contribution in [1.29, 1.82) is 0 Å². The number of fused-ring (bicyclic) bond motifs is 1. The normalized spacial score (nSPS) is 13.7. The molecular formula is C33H30ClN3O2S. The van der Waals surface area contributed by atoms with Crippen molar-refractivity contribution in [3.8, 4) is 0 Å². The molecule has 0 atom stereocenters. The van der Waals surface area contributed by atoms with Crippen LogP contribution in [0.1, 0.15) is 28.4 Å². The molecule has 2 amide bonds. The maximum atomic E-state index is 13.6. The lowest BCUT2D eigenvalue weighted by Crippen LogP contribution is -2.34. The number of nitrogens with one attached hydrogen (secondary N) is 1. The van der Waals surface area contributed by atoms with Gasteiger partial charge in [0, 0.05) is 40.8 Å². The second-order valence-electron chi connectivity index (χ2n) is 9.39. The molecule has 0 fully saturated rings. The summed E-state index contributed by atoms with van der Waals surface area (Å²) in [7, 11) is 0. The molecule has 0 unspecified atom stereocenters. The van der Waals surface area contributed by atoms with Gasteiger partial charge >= 0.3 is 0 Å². The fourth-order valence-electron chi connectivity index (χ4n) is 4.63. The van der Waals surface area contributed by atoms with E-state index in [0.717, 1.165) is 40.5 Å². The van der Waals surface area contributed by atoms with Crippen LogP contribution in [0.5, 0.6) is 0 Å². The molecule has 1 aliphatic heterocycles. The van der Waals surface area contributed by atoms with Gasteiger partial charge in [-0.25, -0.2) is 0 Å². The monoisotopic (exact) mass is 567 g/mol. The van der Waals surface area contributed by atoms with Crippen LogP contribution in [0.15, 0.2) is 113 Å². The number of anilines is 2. The van der Waals surface area contributed by atoms with Crippen LogP contribution < -0.4 is 15.1 Å². The number of thioether (sulfide) groups is 1. The van der Waals surface area contributed by atoms with Crippen molar-refractivity contribution < 1.29 is 9.59 Å². The number of benzene rings is 4. The molecule has 4 aromatic carbocycles. The molecule has 0 bridgehead atoms. The average molecular weight is 568 g/mol. The van der Waals surface area contributed by atoms with Gasteiger partial charge in [-0.2, -0.15) is 0 Å². The third-order valence-corrected chi connectivity index (χ3v) is 8.02. The number of halogens is 1. The summed E-state index contributed by atoms with van der Waals surface area (Å²) in [5, 5.41) is 3.66. The third-order valence-electron chi connectivity index (χ3n) is 6.70. The number of carbonyl (C=O) groups is 2. The Balaban J connectivity index is 1.26. The summed E-state index contributed by atoms with van der Waals surface area (Å²) >= 11 is 7.66. The van der Waals surface area contributed by atoms with E-state index in [1.807, 2.05) is 84.9 Å². The lowest BCUT2D eigenvalue weighted by molar-refractivity contribution is -0.114. The Kier molecular flexibility index (Phi) is 8.89. The summed E-state index contributed by atoms with van der Waals surface area (Å²) in [5.41, 5.74) is 4.43. The van der Waals surface area contributed by atoms with E-state index in [4.69, 9.17) is 11.6 Å². The van der Waals surface area contributed by atoms with Crippen LogP contribution in [-0.2, 0) is 11.3 Å². The molecule has 1 aliphatic rings. The van der Waals surface area contributed by atoms with Gasteiger partial charge in [-0.05, 0) is 72.7 Å². The first kappa shape index (κ1) is 27.6. The van der Waals surface area contributed by atoms with E-state index >= 15 is 0 Å². The third kappa shape index (κ3) is 6.58.